The molecule has 1 aliphatic carbocycles. The standard InChI is InChI=1S/C18H25N3O3S2/c1-19-17(21-11-18(7-8-18)12-26(2,23)24)20-10-14(22)16-9-13-5-3-4-6-15(13)25-16/h3-6,9,14,22H,7-8,10-12H2,1-2H3,(H2,19,20,21). The number of aliphatic imine (C=N–C) groups is 1. The fourth-order valence-electron chi connectivity index (χ4n) is 3.06. The Hall–Kier alpha value is -1.64. The Morgan fingerprint density at radius 2 is 2.08 bits per heavy atom. The lowest BCUT2D eigenvalue weighted by molar-refractivity contribution is 0.184. The molecule has 1 saturated carbocycles. The third kappa shape index (κ3) is 4.96. The molecule has 1 aliphatic rings. The van der Waals surface area contributed by atoms with Crippen molar-refractivity contribution in [1.29, 1.82) is 0 Å². The van der Waals surface area contributed by atoms with Crippen molar-refractivity contribution < 1.29 is 13.5 Å². The highest BCUT2D eigenvalue weighted by molar-refractivity contribution is 7.90. The van der Waals surface area contributed by atoms with Crippen LogP contribution in [0.4, 0.5) is 0 Å². The molecule has 8 heteroatoms. The number of aliphatic hydroxyl groups is 1. The molecule has 1 fully saturated rings. The van der Waals surface area contributed by atoms with Gasteiger partial charge in [-0.25, -0.2) is 8.42 Å². The number of benzene rings is 1. The number of rotatable bonds is 7. The maximum absolute atomic E-state index is 11.5. The van der Waals surface area contributed by atoms with Crippen LogP contribution < -0.4 is 10.6 Å². The zero-order valence-electron chi connectivity index (χ0n) is 15.0. The van der Waals surface area contributed by atoms with E-state index in [2.05, 4.69) is 15.6 Å². The van der Waals surface area contributed by atoms with Crippen molar-refractivity contribution in [1.82, 2.24) is 10.6 Å². The maximum Gasteiger partial charge on any atom is 0.191 e. The van der Waals surface area contributed by atoms with E-state index in [0.29, 0.717) is 19.0 Å². The van der Waals surface area contributed by atoms with Gasteiger partial charge in [-0.15, -0.1) is 11.3 Å². The first-order chi connectivity index (χ1) is 12.3. The maximum atomic E-state index is 11.5. The summed E-state index contributed by atoms with van der Waals surface area (Å²) >= 11 is 1.58. The van der Waals surface area contributed by atoms with Crippen LogP contribution in [0.15, 0.2) is 35.3 Å². The summed E-state index contributed by atoms with van der Waals surface area (Å²) in [7, 11) is -1.32. The van der Waals surface area contributed by atoms with Crippen molar-refractivity contribution >= 4 is 37.2 Å². The largest absolute Gasteiger partial charge is 0.386 e. The number of hydrogen-bond acceptors (Lipinski definition) is 5. The fourth-order valence-corrected chi connectivity index (χ4v) is 5.61. The average Bonchev–Trinajstić information content (AvgIpc) is 3.19. The van der Waals surface area contributed by atoms with Crippen molar-refractivity contribution in [3.63, 3.8) is 0 Å². The highest BCUT2D eigenvalue weighted by Crippen LogP contribution is 2.46. The Morgan fingerprint density at radius 3 is 2.69 bits per heavy atom. The van der Waals surface area contributed by atoms with E-state index in [0.717, 1.165) is 27.8 Å². The molecule has 0 bridgehead atoms. The van der Waals surface area contributed by atoms with Gasteiger partial charge in [0.15, 0.2) is 5.96 Å². The predicted molar refractivity (Wildman–Crippen MR) is 108 cm³/mol. The van der Waals surface area contributed by atoms with E-state index >= 15 is 0 Å². The molecule has 142 valence electrons. The molecule has 26 heavy (non-hydrogen) atoms. The van der Waals surface area contributed by atoms with Crippen LogP contribution >= 0.6 is 11.3 Å². The van der Waals surface area contributed by atoms with E-state index in [-0.39, 0.29) is 11.2 Å². The second-order valence-electron chi connectivity index (χ2n) is 7.08. The minimum atomic E-state index is -2.99. The quantitative estimate of drug-likeness (QED) is 0.492. The van der Waals surface area contributed by atoms with Gasteiger partial charge in [-0.3, -0.25) is 4.99 Å². The van der Waals surface area contributed by atoms with Crippen LogP contribution in [0.3, 0.4) is 0 Å². The summed E-state index contributed by atoms with van der Waals surface area (Å²) in [6, 6.07) is 10.1. The van der Waals surface area contributed by atoms with E-state index in [1.165, 1.54) is 6.26 Å². The molecule has 6 nitrogen and oxygen atoms in total. The lowest BCUT2D eigenvalue weighted by atomic mass is 10.1. The molecular weight excluding hydrogens is 370 g/mol. The summed E-state index contributed by atoms with van der Waals surface area (Å²) < 4.78 is 24.2. The van der Waals surface area contributed by atoms with Gasteiger partial charge in [0.1, 0.15) is 15.9 Å². The minimum absolute atomic E-state index is 0.171. The first-order valence-corrected chi connectivity index (χ1v) is 11.5. The normalized spacial score (nSPS) is 17.9. The van der Waals surface area contributed by atoms with E-state index in [4.69, 9.17) is 0 Å². The number of nitrogens with one attached hydrogen (secondary N) is 2. The second-order valence-corrected chi connectivity index (χ2v) is 10.3. The van der Waals surface area contributed by atoms with Crippen LogP contribution in [0.1, 0.15) is 23.8 Å². The summed E-state index contributed by atoms with van der Waals surface area (Å²) in [4.78, 5) is 5.07. The Balaban J connectivity index is 1.52. The number of guanidine groups is 1. The first kappa shape index (κ1) is 19.1. The Bertz CT molecular complexity index is 868. The molecule has 1 aromatic carbocycles. The summed E-state index contributed by atoms with van der Waals surface area (Å²) in [5.41, 5.74) is -0.171. The second kappa shape index (κ2) is 7.54. The number of aliphatic hydroxyl groups excluding tert-OH is 1. The molecule has 0 saturated heterocycles. The third-order valence-electron chi connectivity index (χ3n) is 4.62. The minimum Gasteiger partial charge on any atom is -0.386 e. The van der Waals surface area contributed by atoms with Gasteiger partial charge in [0, 0.05) is 41.4 Å². The molecule has 1 atom stereocenters. The molecular formula is C18H25N3O3S2. The van der Waals surface area contributed by atoms with Crippen LogP contribution in [0.5, 0.6) is 0 Å². The van der Waals surface area contributed by atoms with E-state index < -0.39 is 15.9 Å². The molecule has 0 amide bonds. The van der Waals surface area contributed by atoms with E-state index in [9.17, 15) is 13.5 Å². The average molecular weight is 396 g/mol. The Morgan fingerprint density at radius 1 is 1.35 bits per heavy atom. The highest BCUT2D eigenvalue weighted by atomic mass is 32.2. The van der Waals surface area contributed by atoms with Gasteiger partial charge in [-0.05, 0) is 30.4 Å². The van der Waals surface area contributed by atoms with Gasteiger partial charge in [0.25, 0.3) is 0 Å². The summed E-state index contributed by atoms with van der Waals surface area (Å²) in [5, 5.41) is 17.9. The molecule has 3 rings (SSSR count). The molecule has 2 aromatic rings. The van der Waals surface area contributed by atoms with Gasteiger partial charge < -0.3 is 15.7 Å². The van der Waals surface area contributed by atoms with Crippen LogP contribution in [-0.2, 0) is 9.84 Å². The molecule has 1 heterocycles. The molecule has 0 aliphatic heterocycles. The van der Waals surface area contributed by atoms with Gasteiger partial charge in [-0.1, -0.05) is 18.2 Å². The lowest BCUT2D eigenvalue weighted by Gasteiger charge is -2.18. The van der Waals surface area contributed by atoms with Crippen molar-refractivity contribution in [3.8, 4) is 0 Å². The van der Waals surface area contributed by atoms with Crippen molar-refractivity contribution in [3.05, 3.63) is 35.2 Å². The van der Waals surface area contributed by atoms with Crippen LogP contribution in [0.25, 0.3) is 10.1 Å². The number of sulfone groups is 1. The number of fused-ring (bicyclic) bond motifs is 1. The Kier molecular flexibility index (Phi) is 5.55. The molecule has 3 N–H and O–H groups in total. The van der Waals surface area contributed by atoms with Gasteiger partial charge in [-0.2, -0.15) is 0 Å². The van der Waals surface area contributed by atoms with Crippen molar-refractivity contribution in [2.75, 3.05) is 32.1 Å². The van der Waals surface area contributed by atoms with Gasteiger partial charge >= 0.3 is 0 Å². The zero-order chi connectivity index (χ0) is 18.8. The fraction of sp³-hybridized carbons (Fsp3) is 0.500. The summed E-state index contributed by atoms with van der Waals surface area (Å²) in [5.74, 6) is 0.777. The first-order valence-electron chi connectivity index (χ1n) is 8.59. The van der Waals surface area contributed by atoms with Crippen LogP contribution in [0, 0.1) is 5.41 Å². The SMILES string of the molecule is CN=C(NCC(O)c1cc2ccccc2s1)NCC1(CS(C)(=O)=O)CC1. The third-order valence-corrected chi connectivity index (χ3v) is 6.97. The molecule has 1 aromatic heterocycles. The highest BCUT2D eigenvalue weighted by Gasteiger charge is 2.45. The lowest BCUT2D eigenvalue weighted by Crippen LogP contribution is -2.42. The van der Waals surface area contributed by atoms with Gasteiger partial charge in [0.05, 0.1) is 5.75 Å². The smallest absolute Gasteiger partial charge is 0.191 e. The molecule has 1 unspecified atom stereocenters. The van der Waals surface area contributed by atoms with E-state index in [1.807, 2.05) is 30.3 Å². The zero-order valence-corrected chi connectivity index (χ0v) is 16.7. The van der Waals surface area contributed by atoms with Gasteiger partial charge in [0.2, 0.25) is 0 Å². The number of hydrogen-bond donors (Lipinski definition) is 3. The summed E-state index contributed by atoms with van der Waals surface area (Å²) in [6.45, 7) is 0.907. The Labute approximate surface area is 158 Å². The number of thiophene rings is 1. The van der Waals surface area contributed by atoms with Crippen LogP contribution in [-0.4, -0.2) is 51.6 Å². The predicted octanol–water partition coefficient (Wildman–Crippen LogP) is 1.92. The van der Waals surface area contributed by atoms with Crippen LogP contribution in [0.2, 0.25) is 0 Å². The molecule has 0 spiro atoms. The summed E-state index contributed by atoms with van der Waals surface area (Å²) in [6.07, 6.45) is 2.47. The number of nitrogens with zero attached hydrogens (tertiary/aromatic N) is 1. The monoisotopic (exact) mass is 395 g/mol. The topological polar surface area (TPSA) is 90.8 Å². The van der Waals surface area contributed by atoms with E-state index in [1.54, 1.807) is 18.4 Å². The van der Waals surface area contributed by atoms with Crippen molar-refractivity contribution in [2.24, 2.45) is 10.4 Å². The molecule has 0 radical (unpaired) electrons. The van der Waals surface area contributed by atoms with Crippen molar-refractivity contribution in [2.45, 2.75) is 18.9 Å².